The van der Waals surface area contributed by atoms with Gasteiger partial charge in [0.05, 0.1) is 0 Å². The molecule has 0 aliphatic rings. The minimum absolute atomic E-state index is 0.0831. The Hall–Kier alpha value is -3.41. The van der Waals surface area contributed by atoms with Gasteiger partial charge in [-0.25, -0.2) is 0 Å². The highest BCUT2D eigenvalue weighted by Gasteiger charge is 2.19. The normalized spacial score (nSPS) is 12.6. The van der Waals surface area contributed by atoms with Crippen molar-refractivity contribution >= 4 is 17.9 Å². The predicted molar refractivity (Wildman–Crippen MR) is 344 cm³/mol. The van der Waals surface area contributed by atoms with E-state index in [1.807, 2.05) is 0 Å². The highest BCUT2D eigenvalue weighted by Crippen LogP contribution is 2.17. The Morgan fingerprint density at radius 1 is 0.266 bits per heavy atom. The first kappa shape index (κ1) is 75.6. The number of esters is 3. The Kier molecular flexibility index (Phi) is 64.2. The van der Waals surface area contributed by atoms with Gasteiger partial charge in [0.15, 0.2) is 6.10 Å². The third kappa shape index (κ3) is 65.3. The van der Waals surface area contributed by atoms with Gasteiger partial charge in [-0.15, -0.1) is 0 Å². The third-order valence-corrected chi connectivity index (χ3v) is 14.9. The fourth-order valence-corrected chi connectivity index (χ4v) is 9.76. The van der Waals surface area contributed by atoms with Crippen LogP contribution in [0, 0.1) is 0 Å². The molecule has 0 N–H and O–H groups in total. The lowest BCUT2D eigenvalue weighted by Crippen LogP contribution is -2.30. The van der Waals surface area contributed by atoms with Crippen LogP contribution in [-0.4, -0.2) is 37.2 Å². The van der Waals surface area contributed by atoms with Crippen molar-refractivity contribution in [2.24, 2.45) is 0 Å². The lowest BCUT2D eigenvalue weighted by atomic mass is 10.1. The lowest BCUT2D eigenvalue weighted by molar-refractivity contribution is -0.167. The Morgan fingerprint density at radius 3 is 0.785 bits per heavy atom. The van der Waals surface area contributed by atoms with E-state index in [1.165, 1.54) is 193 Å². The number of carbonyl (C=O) groups excluding carboxylic acids is 3. The number of allylic oxidation sites excluding steroid dienone is 14. The number of unbranched alkanes of at least 4 members (excludes halogenated alkanes) is 37. The zero-order valence-corrected chi connectivity index (χ0v) is 52.4. The van der Waals surface area contributed by atoms with Gasteiger partial charge in [0, 0.05) is 19.3 Å². The Balaban J connectivity index is 4.41. The molecule has 6 nitrogen and oxygen atoms in total. The average Bonchev–Trinajstić information content (AvgIpc) is 3.45. The average molecular weight is 1100 g/mol. The number of carbonyl (C=O) groups is 3. The zero-order valence-electron chi connectivity index (χ0n) is 52.4. The van der Waals surface area contributed by atoms with Gasteiger partial charge >= 0.3 is 17.9 Å². The van der Waals surface area contributed by atoms with Crippen LogP contribution in [0.2, 0.25) is 0 Å². The second kappa shape index (κ2) is 67.1. The maximum atomic E-state index is 13.0. The van der Waals surface area contributed by atoms with Crippen LogP contribution in [0.15, 0.2) is 85.1 Å². The second-order valence-electron chi connectivity index (χ2n) is 22.7. The monoisotopic (exact) mass is 1100 g/mol. The van der Waals surface area contributed by atoms with E-state index in [-0.39, 0.29) is 31.1 Å². The van der Waals surface area contributed by atoms with Crippen LogP contribution in [0.4, 0.5) is 0 Å². The summed E-state index contributed by atoms with van der Waals surface area (Å²) in [4.78, 5) is 38.4. The molecule has 79 heavy (non-hydrogen) atoms. The Bertz CT molecular complexity index is 1500. The summed E-state index contributed by atoms with van der Waals surface area (Å²) in [5.41, 5.74) is 0. The standard InChI is InChI=1S/C73H128O6/c1-4-7-10-13-16-19-22-25-28-31-34-36-39-42-45-48-51-54-57-60-63-66-72(75)78-69-70(68-77-71(74)65-62-59-56-53-50-47-44-41-38-33-30-27-24-21-18-15-12-9-6-3)79-73(76)67-64-61-58-55-52-49-46-43-40-37-35-32-29-26-23-20-17-14-11-8-5-2/h7,10,16,19,25,27-28,30,32,34-36,42,45,70H,4-6,8-9,11-15,17-18,20-24,26,29,31,33,37-41,43-44,46-69H2,1-3H3/b10-7-,19-16-,28-25-,30-27-,35-32-,36-34-,45-42-. The van der Waals surface area contributed by atoms with Crippen LogP contribution in [-0.2, 0) is 28.6 Å². The van der Waals surface area contributed by atoms with E-state index < -0.39 is 6.10 Å². The molecular formula is C73H128O6. The predicted octanol–water partition coefficient (Wildman–Crippen LogP) is 23.4. The summed E-state index contributed by atoms with van der Waals surface area (Å²) in [6.07, 6.45) is 88.8. The van der Waals surface area contributed by atoms with E-state index in [2.05, 4.69) is 106 Å². The fraction of sp³-hybridized carbons (Fsp3) is 0.767. The second-order valence-corrected chi connectivity index (χ2v) is 22.7. The molecule has 0 spiro atoms. The highest BCUT2D eigenvalue weighted by atomic mass is 16.6. The van der Waals surface area contributed by atoms with Crippen molar-refractivity contribution in [3.05, 3.63) is 85.1 Å². The van der Waals surface area contributed by atoms with Crippen molar-refractivity contribution < 1.29 is 28.6 Å². The van der Waals surface area contributed by atoms with E-state index in [0.717, 1.165) is 109 Å². The van der Waals surface area contributed by atoms with Crippen LogP contribution in [0.5, 0.6) is 0 Å². The van der Waals surface area contributed by atoms with Gasteiger partial charge in [-0.2, -0.15) is 0 Å². The first-order chi connectivity index (χ1) is 39.0. The number of rotatable bonds is 62. The Labute approximate surface area is 490 Å². The molecule has 0 rings (SSSR count). The maximum absolute atomic E-state index is 13.0. The van der Waals surface area contributed by atoms with Gasteiger partial charge in [-0.3, -0.25) is 14.4 Å². The van der Waals surface area contributed by atoms with Gasteiger partial charge in [-0.1, -0.05) is 292 Å². The van der Waals surface area contributed by atoms with Crippen molar-refractivity contribution in [2.75, 3.05) is 13.2 Å². The highest BCUT2D eigenvalue weighted by molar-refractivity contribution is 5.71. The smallest absolute Gasteiger partial charge is 0.306 e. The molecule has 0 heterocycles. The van der Waals surface area contributed by atoms with Crippen LogP contribution in [0.25, 0.3) is 0 Å². The number of hydrogen-bond donors (Lipinski definition) is 0. The molecule has 1 atom stereocenters. The van der Waals surface area contributed by atoms with Crippen molar-refractivity contribution in [2.45, 2.75) is 348 Å². The first-order valence-electron chi connectivity index (χ1n) is 34.1. The largest absolute Gasteiger partial charge is 0.462 e. The molecule has 0 bridgehead atoms. The Morgan fingerprint density at radius 2 is 0.494 bits per heavy atom. The van der Waals surface area contributed by atoms with E-state index in [4.69, 9.17) is 14.2 Å². The molecule has 456 valence electrons. The van der Waals surface area contributed by atoms with Gasteiger partial charge in [0.25, 0.3) is 0 Å². The molecule has 1 unspecified atom stereocenters. The molecule has 0 aliphatic carbocycles. The summed E-state index contributed by atoms with van der Waals surface area (Å²) >= 11 is 0. The summed E-state index contributed by atoms with van der Waals surface area (Å²) in [6, 6.07) is 0. The molecular weight excluding hydrogens is 973 g/mol. The van der Waals surface area contributed by atoms with Crippen LogP contribution in [0.3, 0.4) is 0 Å². The summed E-state index contributed by atoms with van der Waals surface area (Å²) in [6.45, 7) is 6.55. The number of ether oxygens (including phenoxy) is 3. The minimum atomic E-state index is -0.789. The van der Waals surface area contributed by atoms with Crippen LogP contribution < -0.4 is 0 Å². The van der Waals surface area contributed by atoms with Gasteiger partial charge in [-0.05, 0) is 116 Å². The zero-order chi connectivity index (χ0) is 57.1. The van der Waals surface area contributed by atoms with Crippen molar-refractivity contribution in [3.8, 4) is 0 Å². The van der Waals surface area contributed by atoms with Crippen molar-refractivity contribution in [3.63, 3.8) is 0 Å². The van der Waals surface area contributed by atoms with Crippen molar-refractivity contribution in [1.82, 2.24) is 0 Å². The molecule has 0 saturated heterocycles. The molecule has 0 aliphatic heterocycles. The SMILES string of the molecule is CC/C=C\C/C=C\C/C=C\C/C=C\C/C=C\CCCCCCCC(=O)OCC(COC(=O)CCCCCCCCCCC/C=C\CCCCCCCC)OC(=O)CCCCCCCCCCC/C=C\CCCCCCCCCC. The van der Waals surface area contributed by atoms with Gasteiger partial charge < -0.3 is 14.2 Å². The molecule has 0 aromatic rings. The minimum Gasteiger partial charge on any atom is -0.462 e. The van der Waals surface area contributed by atoms with Crippen LogP contribution in [0.1, 0.15) is 342 Å². The molecule has 0 saturated carbocycles. The molecule has 6 heteroatoms. The molecule has 0 aromatic heterocycles. The quantitative estimate of drug-likeness (QED) is 0.0261. The maximum Gasteiger partial charge on any atom is 0.306 e. The van der Waals surface area contributed by atoms with Crippen LogP contribution >= 0.6 is 0 Å². The van der Waals surface area contributed by atoms with E-state index in [0.29, 0.717) is 19.3 Å². The first-order valence-corrected chi connectivity index (χ1v) is 34.1. The summed E-state index contributed by atoms with van der Waals surface area (Å²) in [5, 5.41) is 0. The lowest BCUT2D eigenvalue weighted by Gasteiger charge is -2.18. The topological polar surface area (TPSA) is 78.9 Å². The summed E-state index contributed by atoms with van der Waals surface area (Å²) in [7, 11) is 0. The summed E-state index contributed by atoms with van der Waals surface area (Å²) in [5.74, 6) is -0.890. The van der Waals surface area contributed by atoms with Gasteiger partial charge in [0.1, 0.15) is 13.2 Å². The number of hydrogen-bond acceptors (Lipinski definition) is 6. The third-order valence-electron chi connectivity index (χ3n) is 14.9. The molecule has 0 aromatic carbocycles. The molecule has 0 amide bonds. The fourth-order valence-electron chi connectivity index (χ4n) is 9.76. The van der Waals surface area contributed by atoms with Crippen molar-refractivity contribution in [1.29, 1.82) is 0 Å². The molecule has 0 radical (unpaired) electrons. The van der Waals surface area contributed by atoms with E-state index in [9.17, 15) is 14.4 Å². The van der Waals surface area contributed by atoms with E-state index in [1.54, 1.807) is 0 Å². The molecule has 0 fully saturated rings. The summed E-state index contributed by atoms with van der Waals surface area (Å²) < 4.78 is 17.0. The van der Waals surface area contributed by atoms with E-state index >= 15 is 0 Å². The van der Waals surface area contributed by atoms with Gasteiger partial charge in [0.2, 0.25) is 0 Å².